The molecule has 5 fully saturated rings. The molecule has 2 aliphatic heterocycles. The Kier molecular flexibility index (Phi) is 12.3. The van der Waals surface area contributed by atoms with Crippen LogP contribution in [-0.4, -0.2) is 99.3 Å². The number of rotatable bonds is 12. The smallest absolute Gasteiger partial charge is 0.486 e. The first-order chi connectivity index (χ1) is 28.1. The van der Waals surface area contributed by atoms with Crippen molar-refractivity contribution >= 4 is 37.2 Å². The predicted molar refractivity (Wildman–Crippen MR) is 222 cm³/mol. The number of alkyl carbamates (subject to hydrolysis) is 1. The Morgan fingerprint density at radius 2 is 1.61 bits per heavy atom. The number of nitrogens with one attached hydrogen (secondary N) is 1. The maximum atomic E-state index is 14.1. The Bertz CT molecular complexity index is 2030. The fourth-order valence-corrected chi connectivity index (χ4v) is 8.78. The third-order valence-electron chi connectivity index (χ3n) is 11.7. The maximum Gasteiger partial charge on any atom is 0.514 e. The second-order valence-corrected chi connectivity index (χ2v) is 20.4. The maximum absolute atomic E-state index is 14.1. The molecule has 2 saturated heterocycles. The minimum absolute atomic E-state index is 0.0173. The van der Waals surface area contributed by atoms with Crippen LogP contribution in [0, 0.1) is 17.3 Å². The van der Waals surface area contributed by atoms with Gasteiger partial charge in [0, 0.05) is 6.20 Å². The molecule has 1 aromatic carbocycles. The van der Waals surface area contributed by atoms with Crippen molar-refractivity contribution in [1.82, 2.24) is 19.8 Å². The van der Waals surface area contributed by atoms with Crippen LogP contribution in [0.4, 0.5) is 9.59 Å². The van der Waals surface area contributed by atoms with Crippen LogP contribution in [0.25, 0.3) is 0 Å². The van der Waals surface area contributed by atoms with E-state index in [1.165, 1.54) is 22.0 Å². The average molecular weight is 852 g/mol. The average Bonchev–Trinajstić information content (AvgIpc) is 3.68. The summed E-state index contributed by atoms with van der Waals surface area (Å²) >= 11 is 0. The number of primary amides is 1. The van der Waals surface area contributed by atoms with Gasteiger partial charge in [0.1, 0.15) is 40.8 Å². The van der Waals surface area contributed by atoms with Gasteiger partial charge in [-0.3, -0.25) is 9.59 Å². The van der Waals surface area contributed by atoms with Crippen molar-refractivity contribution in [1.29, 1.82) is 0 Å². The summed E-state index contributed by atoms with van der Waals surface area (Å²) in [6.45, 7) is 22.0. The summed E-state index contributed by atoms with van der Waals surface area (Å²) in [4.78, 5) is 71.5. The molecule has 0 spiro atoms. The van der Waals surface area contributed by atoms with Gasteiger partial charge >= 0.3 is 25.3 Å². The van der Waals surface area contributed by atoms with E-state index in [-0.39, 0.29) is 53.9 Å². The number of carbonyl (C=O) groups is 5. The van der Waals surface area contributed by atoms with E-state index in [9.17, 15) is 24.0 Å². The van der Waals surface area contributed by atoms with Gasteiger partial charge in [-0.2, -0.15) is 0 Å². The lowest BCUT2D eigenvalue weighted by molar-refractivity contribution is -0.199. The lowest BCUT2D eigenvalue weighted by Gasteiger charge is -2.64. The van der Waals surface area contributed by atoms with Crippen LogP contribution in [0.1, 0.15) is 124 Å². The summed E-state index contributed by atoms with van der Waals surface area (Å²) in [7, 11) is -0.510. The molecular formula is C43H62BN5O12. The summed E-state index contributed by atoms with van der Waals surface area (Å²) in [5, 5.41) is 2.60. The van der Waals surface area contributed by atoms with E-state index in [1.807, 2.05) is 0 Å². The van der Waals surface area contributed by atoms with Crippen LogP contribution in [-0.2, 0) is 46.1 Å². The molecule has 5 atom stereocenters. The first-order valence-electron chi connectivity index (χ1n) is 21.0. The number of hydrogen-bond donors (Lipinski definition) is 2. The van der Waals surface area contributed by atoms with Crippen molar-refractivity contribution in [2.24, 2.45) is 23.0 Å². The van der Waals surface area contributed by atoms with Gasteiger partial charge in [0.25, 0.3) is 5.91 Å². The Morgan fingerprint density at radius 1 is 0.951 bits per heavy atom. The number of aryl methyl sites for hydroxylation is 1. The molecule has 61 heavy (non-hydrogen) atoms. The van der Waals surface area contributed by atoms with Gasteiger partial charge in [0.2, 0.25) is 5.91 Å². The number of ether oxygens (including phenoxy) is 5. The van der Waals surface area contributed by atoms with Gasteiger partial charge < -0.3 is 53.5 Å². The summed E-state index contributed by atoms with van der Waals surface area (Å²) in [6, 6.07) is 2.07. The minimum atomic E-state index is -1.27. The normalized spacial score (nSPS) is 23.8. The first-order valence-corrected chi connectivity index (χ1v) is 21.0. The van der Waals surface area contributed by atoms with Crippen molar-refractivity contribution in [3.05, 3.63) is 41.5 Å². The molecule has 3 saturated carbocycles. The Hall–Kier alpha value is -4.84. The molecule has 3 N–H and O–H groups in total. The van der Waals surface area contributed by atoms with E-state index in [0.717, 1.165) is 12.8 Å². The Morgan fingerprint density at radius 3 is 2.21 bits per heavy atom. The van der Waals surface area contributed by atoms with Crippen LogP contribution < -0.4 is 20.5 Å². The molecular weight excluding hydrogens is 789 g/mol. The topological polar surface area (TPSA) is 209 Å². The van der Waals surface area contributed by atoms with E-state index in [0.29, 0.717) is 30.1 Å². The number of nitrogens with zero attached hydrogens (tertiary/aromatic N) is 3. The fraction of sp³-hybridized carbons (Fsp3) is 0.674. The highest BCUT2D eigenvalue weighted by Gasteiger charge is 2.67. The number of benzene rings is 1. The molecule has 1 aromatic heterocycles. The molecule has 3 heterocycles. The molecule has 7 rings (SSSR count). The van der Waals surface area contributed by atoms with Crippen LogP contribution in [0.3, 0.4) is 0 Å². The van der Waals surface area contributed by atoms with E-state index in [4.69, 9.17) is 38.7 Å². The number of nitrogens with two attached hydrogens (primary N) is 1. The van der Waals surface area contributed by atoms with Crippen molar-refractivity contribution in [2.75, 3.05) is 13.1 Å². The third kappa shape index (κ3) is 10.4. The third-order valence-corrected chi connectivity index (χ3v) is 11.7. The predicted octanol–water partition coefficient (Wildman–Crippen LogP) is 5.76. The van der Waals surface area contributed by atoms with E-state index < -0.39 is 71.7 Å². The molecule has 3 amide bonds. The van der Waals surface area contributed by atoms with Crippen molar-refractivity contribution < 1.29 is 57.0 Å². The quantitative estimate of drug-likeness (QED) is 0.113. The molecule has 1 unspecified atom stereocenters. The van der Waals surface area contributed by atoms with E-state index >= 15 is 0 Å². The van der Waals surface area contributed by atoms with Gasteiger partial charge in [0.15, 0.2) is 11.8 Å². The zero-order valence-electron chi connectivity index (χ0n) is 37.5. The minimum Gasteiger partial charge on any atom is -0.486 e. The van der Waals surface area contributed by atoms with Gasteiger partial charge in [-0.25, -0.2) is 19.4 Å². The lowest BCUT2D eigenvalue weighted by atomic mass is 9.43. The molecule has 17 nitrogen and oxygen atoms in total. The number of aromatic nitrogens is 2. The number of amides is 3. The Labute approximate surface area is 358 Å². The summed E-state index contributed by atoms with van der Waals surface area (Å²) in [5.74, 6) is -0.965. The van der Waals surface area contributed by atoms with Crippen LogP contribution in [0.2, 0.25) is 6.32 Å². The van der Waals surface area contributed by atoms with Gasteiger partial charge in [-0.05, 0) is 124 Å². The standard InChI is InChI=1S/C43H62BN5O12/c1-39(2,3)57-36(52)32-28(55-26-19-49(20-26)35(51)33(47-37(53)58-40(4,5)6)27-21-48(23-46-27)22-31(45)50)14-13-24(34(32)56-38(54)59-41(7,8)9)15-16-44-60-30-18-25-17-29(42(25,10)11)43(30,12)61-44/h13-14,21,23,25-26,29-30,33H,15-20,22H2,1-12H3,(H2,45,50)(H,47,53)/t25-,29-,30+,33?,43-/m0/s1. The number of hydrogen-bond acceptors (Lipinski definition) is 13. The van der Waals surface area contributed by atoms with Crippen LogP contribution in [0.5, 0.6) is 11.5 Å². The summed E-state index contributed by atoms with van der Waals surface area (Å²) in [6.07, 6.45) is 3.05. The van der Waals surface area contributed by atoms with Crippen LogP contribution in [0.15, 0.2) is 24.7 Å². The first kappa shape index (κ1) is 45.7. The number of likely N-dealkylation sites (tertiary alicyclic amines) is 1. The number of imidazole rings is 1. The van der Waals surface area contributed by atoms with Gasteiger partial charge in [-0.15, -0.1) is 0 Å². The van der Waals surface area contributed by atoms with Gasteiger partial charge in [0.05, 0.1) is 36.8 Å². The fourth-order valence-electron chi connectivity index (χ4n) is 8.78. The zero-order valence-corrected chi connectivity index (χ0v) is 37.5. The highest BCUT2D eigenvalue weighted by Crippen LogP contribution is 2.65. The zero-order chi connectivity index (χ0) is 45.0. The molecule has 2 aromatic rings. The van der Waals surface area contributed by atoms with Crippen molar-refractivity contribution in [3.63, 3.8) is 0 Å². The second-order valence-electron chi connectivity index (χ2n) is 20.4. The SMILES string of the molecule is CC(C)(C)OC(=O)NC(C(=O)N1CC(Oc2ccc(CCB3O[C@@H]4C[C@@H]5C[C@@H](C5(C)C)[C@]4(C)O3)c(OC(=O)OC(C)(C)C)c2C(=O)OC(C)(C)C)C1)c1cn(CC(N)=O)cn1. The second kappa shape index (κ2) is 16.5. The molecule has 334 valence electrons. The monoisotopic (exact) mass is 851 g/mol. The molecule has 3 aliphatic carbocycles. The number of esters is 1. The summed E-state index contributed by atoms with van der Waals surface area (Å²) in [5.41, 5.74) is 2.98. The summed E-state index contributed by atoms with van der Waals surface area (Å²) < 4.78 is 43.6. The van der Waals surface area contributed by atoms with E-state index in [2.05, 4.69) is 31.1 Å². The highest BCUT2D eigenvalue weighted by atomic mass is 16.7. The van der Waals surface area contributed by atoms with Gasteiger partial charge in [-0.1, -0.05) is 19.9 Å². The number of carbonyl (C=O) groups excluding carboxylic acids is 5. The Balaban J connectivity index is 1.24. The van der Waals surface area contributed by atoms with Crippen molar-refractivity contribution in [2.45, 2.75) is 156 Å². The molecule has 18 heteroatoms. The van der Waals surface area contributed by atoms with E-state index in [1.54, 1.807) is 74.4 Å². The lowest BCUT2D eigenvalue weighted by Crippen LogP contribution is -2.65. The molecule has 0 radical (unpaired) electrons. The van der Waals surface area contributed by atoms with Crippen LogP contribution >= 0.6 is 0 Å². The highest BCUT2D eigenvalue weighted by molar-refractivity contribution is 6.45. The largest absolute Gasteiger partial charge is 0.514 e. The van der Waals surface area contributed by atoms with Crippen molar-refractivity contribution in [3.8, 4) is 11.5 Å². The molecule has 5 aliphatic rings. The molecule has 2 bridgehead atoms.